The van der Waals surface area contributed by atoms with E-state index < -0.39 is 18.8 Å². The lowest BCUT2D eigenvalue weighted by atomic mass is 10.1. The number of ether oxygens (including phenoxy) is 1. The summed E-state index contributed by atoms with van der Waals surface area (Å²) in [5, 5.41) is 5.06. The number of carbonyl (C=O) groups excluding carboxylic acids is 1. The molecule has 0 unspecified atom stereocenters. The average molecular weight is 322 g/mol. The van der Waals surface area contributed by atoms with Gasteiger partial charge >= 0.3 is 12.2 Å². The van der Waals surface area contributed by atoms with E-state index in [1.165, 1.54) is 6.07 Å². The normalized spacial score (nSPS) is 11.3. The molecule has 0 heterocycles. The largest absolute Gasteiger partial charge is 0.411 e. The molecule has 8 heteroatoms. The fraction of sp³-hybridized carbons (Fsp3) is 0.500. The molecular formula is C14H18F4N2O2. The molecule has 0 radical (unpaired) electrons. The van der Waals surface area contributed by atoms with Crippen LogP contribution in [0.4, 0.5) is 22.4 Å². The van der Waals surface area contributed by atoms with Crippen LogP contribution in [0.25, 0.3) is 0 Å². The van der Waals surface area contributed by atoms with Crippen LogP contribution in [-0.4, -0.2) is 32.0 Å². The molecule has 0 saturated carbocycles. The minimum absolute atomic E-state index is 0.0864. The van der Waals surface area contributed by atoms with Gasteiger partial charge in [-0.05, 0) is 30.5 Å². The summed E-state index contributed by atoms with van der Waals surface area (Å²) in [5.74, 6) is -0.313. The molecule has 2 N–H and O–H groups in total. The summed E-state index contributed by atoms with van der Waals surface area (Å²) in [7, 11) is 0. The van der Waals surface area contributed by atoms with Gasteiger partial charge in [-0.1, -0.05) is 12.1 Å². The van der Waals surface area contributed by atoms with Gasteiger partial charge in [-0.15, -0.1) is 0 Å². The van der Waals surface area contributed by atoms with Crippen molar-refractivity contribution in [3.05, 3.63) is 35.1 Å². The van der Waals surface area contributed by atoms with Gasteiger partial charge in [0.25, 0.3) is 0 Å². The molecule has 2 amide bonds. The molecule has 0 aromatic heterocycles. The van der Waals surface area contributed by atoms with Crippen molar-refractivity contribution in [3.8, 4) is 0 Å². The number of nitrogens with one attached hydrogen (secondary N) is 2. The first kappa shape index (κ1) is 18.2. The molecule has 124 valence electrons. The highest BCUT2D eigenvalue weighted by atomic mass is 19.4. The monoisotopic (exact) mass is 322 g/mol. The van der Waals surface area contributed by atoms with Gasteiger partial charge < -0.3 is 15.4 Å². The van der Waals surface area contributed by atoms with Crippen molar-refractivity contribution < 1.29 is 27.1 Å². The van der Waals surface area contributed by atoms with Crippen molar-refractivity contribution in [2.45, 2.75) is 26.1 Å². The van der Waals surface area contributed by atoms with Gasteiger partial charge in [0, 0.05) is 19.7 Å². The van der Waals surface area contributed by atoms with E-state index in [0.29, 0.717) is 5.56 Å². The molecule has 0 aliphatic carbocycles. The molecule has 22 heavy (non-hydrogen) atoms. The molecule has 4 nitrogen and oxygen atoms in total. The molecule has 1 aromatic carbocycles. The number of urea groups is 1. The van der Waals surface area contributed by atoms with Crippen LogP contribution in [0.5, 0.6) is 0 Å². The van der Waals surface area contributed by atoms with E-state index in [9.17, 15) is 22.4 Å². The molecule has 0 aliphatic rings. The predicted octanol–water partition coefficient (Wildman–Crippen LogP) is 2.90. The summed E-state index contributed by atoms with van der Waals surface area (Å²) < 4.78 is 52.8. The summed E-state index contributed by atoms with van der Waals surface area (Å²) in [6.07, 6.45) is -4.06. The van der Waals surface area contributed by atoms with Crippen LogP contribution in [0, 0.1) is 12.7 Å². The second-order valence-electron chi connectivity index (χ2n) is 4.71. The van der Waals surface area contributed by atoms with E-state index in [4.69, 9.17) is 0 Å². The topological polar surface area (TPSA) is 50.4 Å². The van der Waals surface area contributed by atoms with Crippen LogP contribution in [0.1, 0.15) is 17.5 Å². The number of carbonyl (C=O) groups is 1. The smallest absolute Gasteiger partial charge is 0.372 e. The van der Waals surface area contributed by atoms with E-state index in [1.807, 2.05) is 0 Å². The van der Waals surface area contributed by atoms with Crippen molar-refractivity contribution in [3.63, 3.8) is 0 Å². The molecule has 0 fully saturated rings. The number of hydrogen-bond donors (Lipinski definition) is 2. The Balaban J connectivity index is 2.12. The van der Waals surface area contributed by atoms with Gasteiger partial charge in [0.15, 0.2) is 0 Å². The molecule has 1 rings (SSSR count). The Morgan fingerprint density at radius 2 is 2.00 bits per heavy atom. The summed E-state index contributed by atoms with van der Waals surface area (Å²) in [4.78, 5) is 11.4. The number of halogens is 4. The van der Waals surface area contributed by atoms with E-state index in [1.54, 1.807) is 19.1 Å². The molecule has 0 atom stereocenters. The van der Waals surface area contributed by atoms with Crippen LogP contribution in [-0.2, 0) is 11.3 Å². The van der Waals surface area contributed by atoms with Crippen LogP contribution < -0.4 is 10.6 Å². The maximum Gasteiger partial charge on any atom is 0.411 e. The number of rotatable bonds is 7. The van der Waals surface area contributed by atoms with Crippen molar-refractivity contribution in [1.82, 2.24) is 10.6 Å². The first-order valence-corrected chi connectivity index (χ1v) is 6.69. The molecule has 0 bridgehead atoms. The van der Waals surface area contributed by atoms with Gasteiger partial charge in [-0.2, -0.15) is 13.2 Å². The minimum atomic E-state index is -4.34. The second kappa shape index (κ2) is 8.57. The number of alkyl halides is 3. The molecule has 1 aromatic rings. The lowest BCUT2D eigenvalue weighted by Crippen LogP contribution is -2.36. The maximum absolute atomic E-state index is 13.1. The van der Waals surface area contributed by atoms with Gasteiger partial charge in [-0.3, -0.25) is 0 Å². The third-order valence-electron chi connectivity index (χ3n) is 2.69. The lowest BCUT2D eigenvalue weighted by molar-refractivity contribution is -0.173. The number of hydrogen-bond acceptors (Lipinski definition) is 2. The van der Waals surface area contributed by atoms with Crippen LogP contribution >= 0.6 is 0 Å². The Hall–Kier alpha value is -1.83. The highest BCUT2D eigenvalue weighted by Gasteiger charge is 2.27. The van der Waals surface area contributed by atoms with Crippen molar-refractivity contribution in [2.75, 3.05) is 19.8 Å². The standard InChI is InChI=1S/C14H18F4N2O2/c1-10-7-11(3-4-12(10)15)8-20-13(21)19-5-2-6-22-9-14(16,17)18/h3-4,7H,2,5-6,8-9H2,1H3,(H2,19,20,21). The van der Waals surface area contributed by atoms with Crippen molar-refractivity contribution >= 4 is 6.03 Å². The second-order valence-corrected chi connectivity index (χ2v) is 4.71. The molecule has 0 saturated heterocycles. The van der Waals surface area contributed by atoms with E-state index in [2.05, 4.69) is 15.4 Å². The summed E-state index contributed by atoms with van der Waals surface area (Å²) in [5.41, 5.74) is 1.24. The Bertz CT molecular complexity index is 492. The van der Waals surface area contributed by atoms with Crippen LogP contribution in [0.2, 0.25) is 0 Å². The Morgan fingerprint density at radius 3 is 2.64 bits per heavy atom. The average Bonchev–Trinajstić information content (AvgIpc) is 2.43. The quantitative estimate of drug-likeness (QED) is 0.599. The van der Waals surface area contributed by atoms with Crippen LogP contribution in [0.3, 0.4) is 0 Å². The summed E-state index contributed by atoms with van der Waals surface area (Å²) in [6, 6.07) is 4.06. The first-order chi connectivity index (χ1) is 10.3. The number of benzene rings is 1. The lowest BCUT2D eigenvalue weighted by Gasteiger charge is -2.09. The highest BCUT2D eigenvalue weighted by molar-refractivity contribution is 5.73. The number of amides is 2. The Kier molecular flexibility index (Phi) is 7.10. The van der Waals surface area contributed by atoms with Gasteiger partial charge in [0.2, 0.25) is 0 Å². The predicted molar refractivity (Wildman–Crippen MR) is 72.9 cm³/mol. The fourth-order valence-electron chi connectivity index (χ4n) is 1.63. The zero-order valence-corrected chi connectivity index (χ0v) is 12.1. The van der Waals surface area contributed by atoms with E-state index >= 15 is 0 Å². The minimum Gasteiger partial charge on any atom is -0.372 e. The van der Waals surface area contributed by atoms with Gasteiger partial charge in [0.1, 0.15) is 12.4 Å². The fourth-order valence-corrected chi connectivity index (χ4v) is 1.63. The number of aryl methyl sites for hydroxylation is 1. The molecule has 0 spiro atoms. The third-order valence-corrected chi connectivity index (χ3v) is 2.69. The molecular weight excluding hydrogens is 304 g/mol. The SMILES string of the molecule is Cc1cc(CNC(=O)NCCCOCC(F)(F)F)ccc1F. The summed E-state index contributed by atoms with van der Waals surface area (Å²) >= 11 is 0. The Morgan fingerprint density at radius 1 is 1.27 bits per heavy atom. The van der Waals surface area contributed by atoms with Gasteiger partial charge in [-0.25, -0.2) is 9.18 Å². The zero-order chi connectivity index (χ0) is 16.6. The summed E-state index contributed by atoms with van der Waals surface area (Å²) in [6.45, 7) is 0.684. The Labute approximate surface area is 125 Å². The zero-order valence-electron chi connectivity index (χ0n) is 12.1. The van der Waals surface area contributed by atoms with Crippen LogP contribution in [0.15, 0.2) is 18.2 Å². The maximum atomic E-state index is 13.1. The van der Waals surface area contributed by atoms with Gasteiger partial charge in [0.05, 0.1) is 0 Å². The third kappa shape index (κ3) is 7.82. The van der Waals surface area contributed by atoms with Crippen molar-refractivity contribution in [2.24, 2.45) is 0 Å². The van der Waals surface area contributed by atoms with Crippen molar-refractivity contribution in [1.29, 1.82) is 0 Å². The first-order valence-electron chi connectivity index (χ1n) is 6.69. The van der Waals surface area contributed by atoms with E-state index in [-0.39, 0.29) is 31.9 Å². The highest BCUT2D eigenvalue weighted by Crippen LogP contribution is 2.14. The molecule has 0 aliphatic heterocycles. The van der Waals surface area contributed by atoms with E-state index in [0.717, 1.165) is 5.56 Å².